The molecule has 1 aromatic rings. The molecule has 148 valence electrons. The summed E-state index contributed by atoms with van der Waals surface area (Å²) in [6.07, 6.45) is 0. The average Bonchev–Trinajstić information content (AvgIpc) is 2.63. The van der Waals surface area contributed by atoms with E-state index in [4.69, 9.17) is 4.74 Å². The van der Waals surface area contributed by atoms with Crippen molar-refractivity contribution in [3.8, 4) is 11.8 Å². The Kier molecular flexibility index (Phi) is 7.23. The van der Waals surface area contributed by atoms with Crippen LogP contribution in [0.15, 0.2) is 18.2 Å². The zero-order valence-electron chi connectivity index (χ0n) is 17.2. The van der Waals surface area contributed by atoms with E-state index < -0.39 is 5.54 Å². The lowest BCUT2D eigenvalue weighted by Crippen LogP contribution is -2.54. The van der Waals surface area contributed by atoms with E-state index in [9.17, 15) is 10.1 Å². The number of amides is 1. The summed E-state index contributed by atoms with van der Waals surface area (Å²) < 4.78 is 5.48. The van der Waals surface area contributed by atoms with Crippen molar-refractivity contribution in [3.05, 3.63) is 29.3 Å². The number of rotatable bonds is 7. The summed E-state index contributed by atoms with van der Waals surface area (Å²) in [6, 6.07) is 8.48. The lowest BCUT2D eigenvalue weighted by Gasteiger charge is -2.35. The quantitative estimate of drug-likeness (QED) is 0.794. The van der Waals surface area contributed by atoms with Crippen LogP contribution in [0, 0.1) is 24.2 Å². The Morgan fingerprint density at radius 2 is 1.93 bits per heavy atom. The van der Waals surface area contributed by atoms with Crippen LogP contribution in [0.1, 0.15) is 31.9 Å². The van der Waals surface area contributed by atoms with E-state index in [0.717, 1.165) is 38.5 Å². The van der Waals surface area contributed by atoms with Gasteiger partial charge in [-0.3, -0.25) is 14.6 Å². The van der Waals surface area contributed by atoms with E-state index in [2.05, 4.69) is 40.2 Å². The van der Waals surface area contributed by atoms with Gasteiger partial charge in [0.2, 0.25) is 5.91 Å². The van der Waals surface area contributed by atoms with Gasteiger partial charge in [-0.2, -0.15) is 5.26 Å². The highest BCUT2D eigenvalue weighted by Gasteiger charge is 2.30. The van der Waals surface area contributed by atoms with E-state index in [0.29, 0.717) is 6.54 Å². The number of methoxy groups -OCH3 is 1. The van der Waals surface area contributed by atoms with Crippen molar-refractivity contribution in [3.63, 3.8) is 0 Å². The Morgan fingerprint density at radius 1 is 1.30 bits per heavy atom. The van der Waals surface area contributed by atoms with Gasteiger partial charge in [0.25, 0.3) is 0 Å². The molecule has 0 bridgehead atoms. The van der Waals surface area contributed by atoms with Crippen molar-refractivity contribution in [2.75, 3.05) is 39.8 Å². The molecular weight excluding hydrogens is 340 g/mol. The zero-order valence-corrected chi connectivity index (χ0v) is 17.2. The highest BCUT2D eigenvalue weighted by molar-refractivity contribution is 5.79. The number of nitrogens with zero attached hydrogens (tertiary/aromatic N) is 3. The van der Waals surface area contributed by atoms with Crippen LogP contribution < -0.4 is 10.1 Å². The Bertz CT molecular complexity index is 690. The summed E-state index contributed by atoms with van der Waals surface area (Å²) in [5.41, 5.74) is 1.61. The number of piperazine rings is 1. The molecule has 1 amide bonds. The van der Waals surface area contributed by atoms with Crippen molar-refractivity contribution in [2.24, 2.45) is 5.92 Å². The Morgan fingerprint density at radius 3 is 2.48 bits per heavy atom. The fraction of sp³-hybridized carbons (Fsp3) is 0.619. The first-order valence-electron chi connectivity index (χ1n) is 9.58. The van der Waals surface area contributed by atoms with Gasteiger partial charge in [0.1, 0.15) is 11.3 Å². The number of aryl methyl sites for hydroxylation is 1. The van der Waals surface area contributed by atoms with Crippen molar-refractivity contribution < 1.29 is 9.53 Å². The summed E-state index contributed by atoms with van der Waals surface area (Å²) in [4.78, 5) is 16.9. The van der Waals surface area contributed by atoms with E-state index in [1.54, 1.807) is 14.0 Å². The largest absolute Gasteiger partial charge is 0.496 e. The third-order valence-corrected chi connectivity index (χ3v) is 5.45. The van der Waals surface area contributed by atoms with Gasteiger partial charge in [-0.15, -0.1) is 0 Å². The molecule has 0 unspecified atom stereocenters. The minimum absolute atomic E-state index is 0.0626. The molecule has 1 N–H and O–H groups in total. The van der Waals surface area contributed by atoms with E-state index in [1.165, 1.54) is 11.1 Å². The number of carbonyl (C=O) groups excluding carboxylic acids is 1. The topological polar surface area (TPSA) is 68.6 Å². The van der Waals surface area contributed by atoms with Crippen molar-refractivity contribution in [1.82, 2.24) is 15.1 Å². The van der Waals surface area contributed by atoms with Gasteiger partial charge in [0.05, 0.1) is 19.7 Å². The van der Waals surface area contributed by atoms with Gasteiger partial charge in [-0.05, 0) is 25.8 Å². The highest BCUT2D eigenvalue weighted by Crippen LogP contribution is 2.22. The normalized spacial score (nSPS) is 18.0. The van der Waals surface area contributed by atoms with Crippen LogP contribution in [0.3, 0.4) is 0 Å². The van der Waals surface area contributed by atoms with Crippen molar-refractivity contribution in [1.29, 1.82) is 5.26 Å². The predicted molar refractivity (Wildman–Crippen MR) is 106 cm³/mol. The lowest BCUT2D eigenvalue weighted by atomic mass is 9.90. The minimum Gasteiger partial charge on any atom is -0.496 e. The third kappa shape index (κ3) is 5.69. The summed E-state index contributed by atoms with van der Waals surface area (Å²) >= 11 is 0. The Hall–Kier alpha value is -2.10. The molecule has 27 heavy (non-hydrogen) atoms. The molecule has 1 fully saturated rings. The van der Waals surface area contributed by atoms with Crippen LogP contribution in [0.5, 0.6) is 5.75 Å². The number of nitriles is 1. The molecule has 1 saturated heterocycles. The smallest absolute Gasteiger partial charge is 0.235 e. The second kappa shape index (κ2) is 9.20. The monoisotopic (exact) mass is 372 g/mol. The van der Waals surface area contributed by atoms with Gasteiger partial charge in [-0.25, -0.2) is 0 Å². The number of ether oxygens (including phenoxy) is 1. The lowest BCUT2D eigenvalue weighted by molar-refractivity contribution is -0.124. The fourth-order valence-electron chi connectivity index (χ4n) is 3.21. The second-order valence-electron chi connectivity index (χ2n) is 7.88. The van der Waals surface area contributed by atoms with Crippen LogP contribution >= 0.6 is 0 Å². The van der Waals surface area contributed by atoms with Gasteiger partial charge in [-0.1, -0.05) is 31.5 Å². The maximum absolute atomic E-state index is 12.3. The van der Waals surface area contributed by atoms with E-state index in [-0.39, 0.29) is 11.8 Å². The van der Waals surface area contributed by atoms with E-state index in [1.807, 2.05) is 19.9 Å². The molecule has 0 radical (unpaired) electrons. The maximum atomic E-state index is 12.3. The molecule has 0 aliphatic carbocycles. The van der Waals surface area contributed by atoms with Crippen LogP contribution in [0.4, 0.5) is 0 Å². The van der Waals surface area contributed by atoms with Crippen LogP contribution in [0.2, 0.25) is 0 Å². The molecular formula is C21H32N4O2. The SMILES string of the molecule is COc1ccc(C)cc1CN1CCN(CC(=O)N[C@](C)(C#N)C(C)C)CC1. The van der Waals surface area contributed by atoms with Gasteiger partial charge in [0, 0.05) is 38.3 Å². The first-order chi connectivity index (χ1) is 12.8. The Labute approximate surface area is 163 Å². The first-order valence-corrected chi connectivity index (χ1v) is 9.58. The molecule has 0 spiro atoms. The standard InChI is InChI=1S/C21H32N4O2/c1-16(2)21(4,15-22)23-20(26)14-25-10-8-24(9-11-25)13-18-12-17(3)6-7-19(18)27-5/h6-7,12,16H,8-11,13-14H2,1-5H3,(H,23,26)/t21-/m1/s1. The molecule has 6 nitrogen and oxygen atoms in total. The first kappa shape index (κ1) is 21.2. The number of benzene rings is 1. The predicted octanol–water partition coefficient (Wildman–Crippen LogP) is 2.18. The number of nitrogens with one attached hydrogen (secondary N) is 1. The molecule has 2 rings (SSSR count). The zero-order chi connectivity index (χ0) is 20.0. The minimum atomic E-state index is -0.819. The highest BCUT2D eigenvalue weighted by atomic mass is 16.5. The number of carbonyl (C=O) groups is 1. The van der Waals surface area contributed by atoms with E-state index >= 15 is 0 Å². The summed E-state index contributed by atoms with van der Waals surface area (Å²) in [5.74, 6) is 0.904. The number of hydrogen-bond acceptors (Lipinski definition) is 5. The average molecular weight is 373 g/mol. The van der Waals surface area contributed by atoms with Gasteiger partial charge < -0.3 is 10.1 Å². The maximum Gasteiger partial charge on any atom is 0.235 e. The molecule has 1 atom stereocenters. The molecule has 0 aromatic heterocycles. The van der Waals surface area contributed by atoms with Crippen molar-refractivity contribution in [2.45, 2.75) is 39.8 Å². The van der Waals surface area contributed by atoms with Crippen LogP contribution in [-0.2, 0) is 11.3 Å². The molecule has 1 heterocycles. The summed E-state index contributed by atoms with van der Waals surface area (Å²) in [6.45, 7) is 12.4. The van der Waals surface area contributed by atoms with Crippen molar-refractivity contribution >= 4 is 5.91 Å². The molecule has 1 aliphatic heterocycles. The third-order valence-electron chi connectivity index (χ3n) is 5.45. The summed E-state index contributed by atoms with van der Waals surface area (Å²) in [7, 11) is 1.71. The molecule has 1 aliphatic rings. The number of hydrogen-bond donors (Lipinski definition) is 1. The fourth-order valence-corrected chi connectivity index (χ4v) is 3.21. The Balaban J connectivity index is 1.85. The summed E-state index contributed by atoms with van der Waals surface area (Å²) in [5, 5.41) is 12.2. The molecule has 1 aromatic carbocycles. The van der Waals surface area contributed by atoms with Gasteiger partial charge in [0.15, 0.2) is 0 Å². The van der Waals surface area contributed by atoms with Crippen LogP contribution in [0.25, 0.3) is 0 Å². The van der Waals surface area contributed by atoms with Crippen LogP contribution in [-0.4, -0.2) is 61.1 Å². The second-order valence-corrected chi connectivity index (χ2v) is 7.88. The van der Waals surface area contributed by atoms with Gasteiger partial charge >= 0.3 is 0 Å². The molecule has 6 heteroatoms. The molecule has 0 saturated carbocycles.